The third-order valence-corrected chi connectivity index (χ3v) is 3.39. The number of carbonyl (C=O) groups is 1. The minimum absolute atomic E-state index is 0.0254. The van der Waals surface area contributed by atoms with Crippen molar-refractivity contribution < 1.29 is 4.79 Å². The summed E-state index contributed by atoms with van der Waals surface area (Å²) in [5.41, 5.74) is 3.31. The molecule has 1 aromatic heterocycles. The maximum absolute atomic E-state index is 11.9. The number of hydrogen-bond donors (Lipinski definition) is 1. The van der Waals surface area contributed by atoms with Crippen molar-refractivity contribution in [2.45, 2.75) is 31.6 Å². The number of hydrogen-bond acceptors (Lipinski definition) is 3. The lowest BCUT2D eigenvalue weighted by atomic mass is 10.0. The zero-order valence-corrected chi connectivity index (χ0v) is 12.1. The Hall–Kier alpha value is -1.61. The van der Waals surface area contributed by atoms with E-state index in [2.05, 4.69) is 35.8 Å². The molecule has 0 bridgehead atoms. The molecule has 1 heterocycles. The number of pyridine rings is 1. The molecule has 2 rings (SSSR count). The molecule has 0 fully saturated rings. The molecule has 3 heteroatoms. The van der Waals surface area contributed by atoms with Crippen molar-refractivity contribution in [3.8, 4) is 0 Å². The van der Waals surface area contributed by atoms with Crippen LogP contribution in [0, 0.1) is 6.92 Å². The molecule has 1 aliphatic carbocycles. The van der Waals surface area contributed by atoms with Crippen LogP contribution in [-0.2, 0) is 0 Å². The first-order valence-corrected chi connectivity index (χ1v) is 6.83. The maximum Gasteiger partial charge on any atom is 0.187 e. The van der Waals surface area contributed by atoms with E-state index in [4.69, 9.17) is 0 Å². The van der Waals surface area contributed by atoms with E-state index in [1.165, 1.54) is 0 Å². The zero-order chi connectivity index (χ0) is 13.8. The predicted molar refractivity (Wildman–Crippen MR) is 81.7 cm³/mol. The SMILES string of the molecule is C/C=C\C(=O)c1cc(S)c(C2=CCCC=C2)nc1C. The molecule has 1 aromatic rings. The van der Waals surface area contributed by atoms with Gasteiger partial charge in [-0.2, -0.15) is 0 Å². The summed E-state index contributed by atoms with van der Waals surface area (Å²) in [6.07, 6.45) is 11.8. The summed E-state index contributed by atoms with van der Waals surface area (Å²) < 4.78 is 0. The van der Waals surface area contributed by atoms with Gasteiger partial charge in [-0.15, -0.1) is 12.6 Å². The largest absolute Gasteiger partial charge is 0.289 e. The van der Waals surface area contributed by atoms with Gasteiger partial charge in [0.1, 0.15) is 0 Å². The first-order valence-electron chi connectivity index (χ1n) is 6.38. The summed E-state index contributed by atoms with van der Waals surface area (Å²) in [6, 6.07) is 1.81. The minimum Gasteiger partial charge on any atom is -0.289 e. The number of ketones is 1. The number of allylic oxidation sites excluding steroid dienone is 6. The number of aromatic nitrogens is 1. The van der Waals surface area contributed by atoms with Crippen molar-refractivity contribution in [2.75, 3.05) is 0 Å². The van der Waals surface area contributed by atoms with Gasteiger partial charge < -0.3 is 0 Å². The molecule has 98 valence electrons. The van der Waals surface area contributed by atoms with E-state index >= 15 is 0 Å². The van der Waals surface area contributed by atoms with E-state index in [-0.39, 0.29) is 5.78 Å². The van der Waals surface area contributed by atoms with Crippen LogP contribution in [0.3, 0.4) is 0 Å². The van der Waals surface area contributed by atoms with Crippen LogP contribution in [-0.4, -0.2) is 10.8 Å². The average molecular weight is 271 g/mol. The molecule has 0 radical (unpaired) electrons. The van der Waals surface area contributed by atoms with Crippen LogP contribution in [0.15, 0.2) is 41.3 Å². The number of nitrogens with zero attached hydrogens (tertiary/aromatic N) is 1. The van der Waals surface area contributed by atoms with Crippen LogP contribution in [0.25, 0.3) is 5.57 Å². The van der Waals surface area contributed by atoms with E-state index in [0.29, 0.717) is 5.56 Å². The van der Waals surface area contributed by atoms with Gasteiger partial charge in [0.05, 0.1) is 5.69 Å². The molecule has 0 aromatic carbocycles. The van der Waals surface area contributed by atoms with Gasteiger partial charge in [-0.25, -0.2) is 0 Å². The Morgan fingerprint density at radius 1 is 1.42 bits per heavy atom. The highest BCUT2D eigenvalue weighted by atomic mass is 32.1. The second-order valence-corrected chi connectivity index (χ2v) is 4.97. The first-order chi connectivity index (χ1) is 9.13. The van der Waals surface area contributed by atoms with Crippen molar-refractivity contribution in [2.24, 2.45) is 0 Å². The van der Waals surface area contributed by atoms with Gasteiger partial charge in [0, 0.05) is 16.2 Å². The van der Waals surface area contributed by atoms with E-state index in [0.717, 1.165) is 34.7 Å². The van der Waals surface area contributed by atoms with Crippen LogP contribution in [0.5, 0.6) is 0 Å². The van der Waals surface area contributed by atoms with Crippen molar-refractivity contribution >= 4 is 24.0 Å². The molecule has 0 saturated heterocycles. The fourth-order valence-electron chi connectivity index (χ4n) is 2.09. The summed E-state index contributed by atoms with van der Waals surface area (Å²) in [5, 5.41) is 0. The zero-order valence-electron chi connectivity index (χ0n) is 11.2. The lowest BCUT2D eigenvalue weighted by Gasteiger charge is -2.12. The van der Waals surface area contributed by atoms with Crippen molar-refractivity contribution in [3.05, 3.63) is 53.4 Å². The molecule has 2 nitrogen and oxygen atoms in total. The summed E-state index contributed by atoms with van der Waals surface area (Å²) in [7, 11) is 0. The highest BCUT2D eigenvalue weighted by Crippen LogP contribution is 2.27. The van der Waals surface area contributed by atoms with Crippen LogP contribution in [0.1, 0.15) is 41.5 Å². The smallest absolute Gasteiger partial charge is 0.187 e. The Balaban J connectivity index is 2.45. The fourth-order valence-corrected chi connectivity index (χ4v) is 2.39. The lowest BCUT2D eigenvalue weighted by Crippen LogP contribution is -2.04. The van der Waals surface area contributed by atoms with Crippen LogP contribution < -0.4 is 0 Å². The fraction of sp³-hybridized carbons (Fsp3) is 0.250. The highest BCUT2D eigenvalue weighted by Gasteiger charge is 2.13. The Labute approximate surface area is 119 Å². The number of thiol groups is 1. The Morgan fingerprint density at radius 2 is 2.21 bits per heavy atom. The Morgan fingerprint density at radius 3 is 2.84 bits per heavy atom. The lowest BCUT2D eigenvalue weighted by molar-refractivity contribution is 0.104. The average Bonchev–Trinajstić information content (AvgIpc) is 2.42. The van der Waals surface area contributed by atoms with Gasteiger partial charge in [-0.3, -0.25) is 9.78 Å². The molecule has 0 N–H and O–H groups in total. The van der Waals surface area contributed by atoms with Gasteiger partial charge in [0.2, 0.25) is 0 Å². The van der Waals surface area contributed by atoms with Crippen LogP contribution in [0.2, 0.25) is 0 Å². The molecular formula is C16H17NOS. The standard InChI is InChI=1S/C16H17NOS/c1-3-7-14(18)13-10-15(19)16(17-11(13)2)12-8-5-4-6-9-12/h3,5,7-10,19H,4,6H2,1-2H3/b7-3-. The van der Waals surface area contributed by atoms with Crippen LogP contribution >= 0.6 is 12.6 Å². The minimum atomic E-state index is -0.0254. The third-order valence-electron chi connectivity index (χ3n) is 3.04. The van der Waals surface area contributed by atoms with E-state index in [1.807, 2.05) is 19.9 Å². The first kappa shape index (κ1) is 13.8. The second kappa shape index (κ2) is 6.02. The highest BCUT2D eigenvalue weighted by molar-refractivity contribution is 7.80. The second-order valence-electron chi connectivity index (χ2n) is 4.49. The molecule has 0 aliphatic heterocycles. The molecule has 19 heavy (non-hydrogen) atoms. The van der Waals surface area contributed by atoms with Crippen LogP contribution in [0.4, 0.5) is 0 Å². The predicted octanol–water partition coefficient (Wildman–Crippen LogP) is 4.17. The molecule has 0 saturated carbocycles. The summed E-state index contributed by atoms with van der Waals surface area (Å²) in [6.45, 7) is 3.69. The van der Waals surface area contributed by atoms with E-state index in [1.54, 1.807) is 12.2 Å². The summed E-state index contributed by atoms with van der Waals surface area (Å²) in [5.74, 6) is -0.0254. The van der Waals surface area contributed by atoms with E-state index < -0.39 is 0 Å². The van der Waals surface area contributed by atoms with E-state index in [9.17, 15) is 4.79 Å². The molecule has 0 unspecified atom stereocenters. The maximum atomic E-state index is 11.9. The normalized spacial score (nSPS) is 14.8. The Bertz CT molecular complexity index is 597. The van der Waals surface area contributed by atoms with Gasteiger partial charge in [0.25, 0.3) is 0 Å². The number of aryl methyl sites for hydroxylation is 1. The van der Waals surface area contributed by atoms with Crippen molar-refractivity contribution in [1.29, 1.82) is 0 Å². The molecule has 0 atom stereocenters. The third kappa shape index (κ3) is 3.04. The monoisotopic (exact) mass is 271 g/mol. The van der Waals surface area contributed by atoms with Gasteiger partial charge >= 0.3 is 0 Å². The van der Waals surface area contributed by atoms with Crippen molar-refractivity contribution in [1.82, 2.24) is 4.98 Å². The molecular weight excluding hydrogens is 254 g/mol. The van der Waals surface area contributed by atoms with Gasteiger partial charge in [-0.1, -0.05) is 24.3 Å². The molecule has 0 spiro atoms. The summed E-state index contributed by atoms with van der Waals surface area (Å²) in [4.78, 5) is 17.2. The molecule has 1 aliphatic rings. The summed E-state index contributed by atoms with van der Waals surface area (Å²) >= 11 is 4.47. The van der Waals surface area contributed by atoms with Gasteiger partial charge in [0.15, 0.2) is 5.78 Å². The number of rotatable bonds is 3. The quantitative estimate of drug-likeness (QED) is 0.508. The van der Waals surface area contributed by atoms with Crippen molar-refractivity contribution in [3.63, 3.8) is 0 Å². The number of carbonyl (C=O) groups excluding carboxylic acids is 1. The Kier molecular flexibility index (Phi) is 4.38. The topological polar surface area (TPSA) is 30.0 Å². The molecule has 0 amide bonds. The van der Waals surface area contributed by atoms with Gasteiger partial charge in [-0.05, 0) is 44.4 Å².